The zero-order chi connectivity index (χ0) is 23.3. The van der Waals surface area contributed by atoms with Crippen molar-refractivity contribution in [3.8, 4) is 0 Å². The van der Waals surface area contributed by atoms with Gasteiger partial charge in [-0.15, -0.1) is 0 Å². The van der Waals surface area contributed by atoms with Gasteiger partial charge >= 0.3 is 5.97 Å². The molecule has 0 spiro atoms. The molecule has 1 atom stereocenters. The third-order valence-corrected chi connectivity index (χ3v) is 5.39. The number of anilines is 2. The number of benzene rings is 2. The Morgan fingerprint density at radius 3 is 2.16 bits per heavy atom. The van der Waals surface area contributed by atoms with E-state index < -0.39 is 45.2 Å². The second kappa shape index (κ2) is 9.47. The van der Waals surface area contributed by atoms with Gasteiger partial charge in [-0.05, 0) is 49.4 Å². The van der Waals surface area contributed by atoms with Crippen LogP contribution in [0.2, 0.25) is 0 Å². The average Bonchev–Trinajstić information content (AvgIpc) is 2.74. The Morgan fingerprint density at radius 1 is 0.969 bits per heavy atom. The molecule has 1 amide bonds. The van der Waals surface area contributed by atoms with Gasteiger partial charge in [0, 0.05) is 18.1 Å². The molecule has 0 bridgehead atoms. The van der Waals surface area contributed by atoms with E-state index in [1.165, 1.54) is 49.6 Å². The maximum absolute atomic E-state index is 13.7. The van der Waals surface area contributed by atoms with Gasteiger partial charge in [0.25, 0.3) is 15.9 Å². The first-order valence-electron chi connectivity index (χ1n) is 9.03. The summed E-state index contributed by atoms with van der Waals surface area (Å²) in [6, 6.07) is 9.47. The molecule has 0 unspecified atom stereocenters. The molecule has 0 saturated carbocycles. The SMILES string of the molecule is C[C@H](OC(=O)c1c(F)cccc1F)C(=O)Nc1ccc(S(=O)(=O)Nc2ncccn2)cc1. The van der Waals surface area contributed by atoms with Crippen molar-refractivity contribution in [3.63, 3.8) is 0 Å². The molecule has 0 aliphatic rings. The van der Waals surface area contributed by atoms with Gasteiger partial charge in [-0.25, -0.2) is 36.7 Å². The molecule has 1 heterocycles. The van der Waals surface area contributed by atoms with E-state index in [4.69, 9.17) is 4.74 Å². The minimum atomic E-state index is -3.96. The van der Waals surface area contributed by atoms with Crippen LogP contribution in [0.25, 0.3) is 0 Å². The predicted molar refractivity (Wildman–Crippen MR) is 109 cm³/mol. The number of nitrogens with one attached hydrogen (secondary N) is 2. The fraction of sp³-hybridized carbons (Fsp3) is 0.100. The third kappa shape index (κ3) is 5.40. The molecule has 9 nitrogen and oxygen atoms in total. The summed E-state index contributed by atoms with van der Waals surface area (Å²) in [4.78, 5) is 31.7. The van der Waals surface area contributed by atoms with Crippen molar-refractivity contribution in [3.05, 3.63) is 78.1 Å². The quantitative estimate of drug-likeness (QED) is 0.517. The molecular formula is C20H16F2N4O5S. The summed E-state index contributed by atoms with van der Waals surface area (Å²) in [5.41, 5.74) is -0.707. The third-order valence-electron chi connectivity index (χ3n) is 4.04. The van der Waals surface area contributed by atoms with Gasteiger partial charge in [-0.3, -0.25) is 4.79 Å². The number of hydrogen-bond acceptors (Lipinski definition) is 7. The van der Waals surface area contributed by atoms with Crippen LogP contribution in [0.1, 0.15) is 17.3 Å². The summed E-state index contributed by atoms with van der Waals surface area (Å²) in [7, 11) is -3.96. The molecular weight excluding hydrogens is 446 g/mol. The minimum Gasteiger partial charge on any atom is -0.449 e. The molecule has 1 aromatic heterocycles. The maximum Gasteiger partial charge on any atom is 0.344 e. The summed E-state index contributed by atoms with van der Waals surface area (Å²) in [5, 5.41) is 2.41. The molecule has 0 saturated heterocycles. The van der Waals surface area contributed by atoms with Crippen LogP contribution in [0.5, 0.6) is 0 Å². The topological polar surface area (TPSA) is 127 Å². The lowest BCUT2D eigenvalue weighted by Crippen LogP contribution is -2.30. The molecule has 166 valence electrons. The van der Waals surface area contributed by atoms with Crippen LogP contribution >= 0.6 is 0 Å². The highest BCUT2D eigenvalue weighted by atomic mass is 32.2. The Hall–Kier alpha value is -3.93. The van der Waals surface area contributed by atoms with Gasteiger partial charge in [0.1, 0.15) is 17.2 Å². The number of nitrogens with zero attached hydrogens (tertiary/aromatic N) is 2. The van der Waals surface area contributed by atoms with E-state index in [0.717, 1.165) is 18.2 Å². The Balaban J connectivity index is 1.63. The summed E-state index contributed by atoms with van der Waals surface area (Å²) < 4.78 is 59.1. The van der Waals surface area contributed by atoms with Crippen LogP contribution in [-0.4, -0.2) is 36.4 Å². The van der Waals surface area contributed by atoms with Gasteiger partial charge in [0.2, 0.25) is 5.95 Å². The summed E-state index contributed by atoms with van der Waals surface area (Å²) in [6.45, 7) is 1.22. The number of aromatic nitrogens is 2. The van der Waals surface area contributed by atoms with Crippen LogP contribution in [-0.2, 0) is 19.6 Å². The van der Waals surface area contributed by atoms with Crippen molar-refractivity contribution in [2.75, 3.05) is 10.0 Å². The molecule has 2 aromatic carbocycles. The number of rotatable bonds is 7. The maximum atomic E-state index is 13.7. The smallest absolute Gasteiger partial charge is 0.344 e. The number of carbonyl (C=O) groups is 2. The second-order valence-corrected chi connectivity index (χ2v) is 8.02. The fourth-order valence-electron chi connectivity index (χ4n) is 2.46. The molecule has 3 rings (SSSR count). The highest BCUT2D eigenvalue weighted by Crippen LogP contribution is 2.18. The van der Waals surface area contributed by atoms with Crippen LogP contribution in [0.3, 0.4) is 0 Å². The predicted octanol–water partition coefficient (Wildman–Crippen LogP) is 2.74. The number of amides is 1. The van der Waals surface area contributed by atoms with E-state index in [9.17, 15) is 26.8 Å². The van der Waals surface area contributed by atoms with Crippen LogP contribution in [0, 0.1) is 11.6 Å². The van der Waals surface area contributed by atoms with Gasteiger partial charge < -0.3 is 10.1 Å². The van der Waals surface area contributed by atoms with Crippen molar-refractivity contribution in [1.29, 1.82) is 0 Å². The van der Waals surface area contributed by atoms with Crippen LogP contribution in [0.4, 0.5) is 20.4 Å². The van der Waals surface area contributed by atoms with E-state index >= 15 is 0 Å². The zero-order valence-corrected chi connectivity index (χ0v) is 17.3. The van der Waals surface area contributed by atoms with E-state index in [-0.39, 0.29) is 16.5 Å². The first-order valence-corrected chi connectivity index (χ1v) is 10.5. The Bertz CT molecular complexity index is 1220. The van der Waals surface area contributed by atoms with Crippen LogP contribution in [0.15, 0.2) is 65.8 Å². The highest BCUT2D eigenvalue weighted by Gasteiger charge is 2.24. The van der Waals surface area contributed by atoms with Crippen molar-refractivity contribution in [1.82, 2.24) is 9.97 Å². The van der Waals surface area contributed by atoms with Gasteiger partial charge in [0.05, 0.1) is 4.90 Å². The fourth-order valence-corrected chi connectivity index (χ4v) is 3.42. The van der Waals surface area contributed by atoms with Crippen molar-refractivity contribution >= 4 is 33.5 Å². The van der Waals surface area contributed by atoms with Gasteiger partial charge in [-0.2, -0.15) is 0 Å². The number of esters is 1. The Labute approximate surface area is 181 Å². The minimum absolute atomic E-state index is 0.105. The summed E-state index contributed by atoms with van der Waals surface area (Å²) in [5.74, 6) is -4.46. The number of sulfonamides is 1. The molecule has 0 aliphatic carbocycles. The molecule has 0 fully saturated rings. The summed E-state index contributed by atoms with van der Waals surface area (Å²) in [6.07, 6.45) is 1.36. The van der Waals surface area contributed by atoms with Crippen LogP contribution < -0.4 is 10.0 Å². The number of hydrogen-bond donors (Lipinski definition) is 2. The number of ether oxygens (including phenoxy) is 1. The van der Waals surface area contributed by atoms with E-state index in [1.54, 1.807) is 0 Å². The van der Waals surface area contributed by atoms with Gasteiger partial charge in [-0.1, -0.05) is 6.07 Å². The van der Waals surface area contributed by atoms with E-state index in [1.807, 2.05) is 0 Å². The number of halogens is 2. The largest absolute Gasteiger partial charge is 0.449 e. The first kappa shape index (κ1) is 22.7. The molecule has 2 N–H and O–H groups in total. The second-order valence-electron chi connectivity index (χ2n) is 6.34. The first-order chi connectivity index (χ1) is 15.2. The Morgan fingerprint density at radius 2 is 1.56 bits per heavy atom. The van der Waals surface area contributed by atoms with Crippen molar-refractivity contribution < 1.29 is 31.5 Å². The lowest BCUT2D eigenvalue weighted by molar-refractivity contribution is -0.123. The zero-order valence-electron chi connectivity index (χ0n) is 16.5. The molecule has 0 aliphatic heterocycles. The van der Waals surface area contributed by atoms with Crippen molar-refractivity contribution in [2.45, 2.75) is 17.9 Å². The lowest BCUT2D eigenvalue weighted by atomic mass is 10.2. The highest BCUT2D eigenvalue weighted by molar-refractivity contribution is 7.92. The van der Waals surface area contributed by atoms with Crippen molar-refractivity contribution in [2.24, 2.45) is 0 Å². The molecule has 12 heteroatoms. The normalized spacial score (nSPS) is 12.0. The molecule has 3 aromatic rings. The van der Waals surface area contributed by atoms with Gasteiger partial charge in [0.15, 0.2) is 6.10 Å². The molecule has 32 heavy (non-hydrogen) atoms. The lowest BCUT2D eigenvalue weighted by Gasteiger charge is -2.14. The summed E-state index contributed by atoms with van der Waals surface area (Å²) >= 11 is 0. The average molecular weight is 462 g/mol. The number of carbonyl (C=O) groups excluding carboxylic acids is 2. The van der Waals surface area contributed by atoms with E-state index in [2.05, 4.69) is 20.0 Å². The monoisotopic (exact) mass is 462 g/mol. The van der Waals surface area contributed by atoms with E-state index in [0.29, 0.717) is 0 Å². The standard InChI is InChI=1S/C20H16F2N4O5S/c1-12(31-19(28)17-15(21)4-2-5-16(17)22)18(27)25-13-6-8-14(9-7-13)32(29,30)26-20-23-10-3-11-24-20/h2-12H,1H3,(H,25,27)(H,23,24,26)/t12-/m0/s1. The Kier molecular flexibility index (Phi) is 6.73. The molecule has 0 radical (unpaired) electrons.